The van der Waals surface area contributed by atoms with Gasteiger partial charge in [0.15, 0.2) is 0 Å². The second kappa shape index (κ2) is 5.64. The van der Waals surface area contributed by atoms with Gasteiger partial charge in [0.05, 0.1) is 0 Å². The van der Waals surface area contributed by atoms with Crippen molar-refractivity contribution >= 4 is 21.6 Å². The van der Waals surface area contributed by atoms with Crippen LogP contribution in [-0.4, -0.2) is 6.04 Å². The Morgan fingerprint density at radius 2 is 2.00 bits per heavy atom. The highest BCUT2D eigenvalue weighted by Gasteiger charge is 2.24. The molecular weight excluding hydrogens is 286 g/mol. The molecule has 0 aliphatic heterocycles. The van der Waals surface area contributed by atoms with E-state index in [-0.39, 0.29) is 0 Å². The average molecular weight is 310 g/mol. The molecule has 1 unspecified atom stereocenters. The quantitative estimate of drug-likeness (QED) is 0.708. The maximum atomic E-state index is 3.73. The van der Waals surface area contributed by atoms with Crippen molar-refractivity contribution in [2.75, 3.05) is 5.32 Å². The third kappa shape index (κ3) is 3.74. The van der Waals surface area contributed by atoms with Crippen LogP contribution in [0.4, 0.5) is 5.69 Å². The second-order valence-electron chi connectivity index (χ2n) is 6.40. The first-order chi connectivity index (χ1) is 8.46. The van der Waals surface area contributed by atoms with Gasteiger partial charge in [0.2, 0.25) is 0 Å². The van der Waals surface area contributed by atoms with Crippen LogP contribution >= 0.6 is 15.9 Å². The van der Waals surface area contributed by atoms with Gasteiger partial charge in [-0.25, -0.2) is 0 Å². The molecule has 0 bridgehead atoms. The average Bonchev–Trinajstić information content (AvgIpc) is 2.44. The molecule has 1 nitrogen and oxygen atoms in total. The van der Waals surface area contributed by atoms with Crippen LogP contribution in [0.25, 0.3) is 0 Å². The van der Waals surface area contributed by atoms with Gasteiger partial charge in [-0.2, -0.15) is 0 Å². The second-order valence-corrected chi connectivity index (χ2v) is 7.31. The summed E-state index contributed by atoms with van der Waals surface area (Å²) in [6, 6.07) is 7.14. The smallest absolute Gasteiger partial charge is 0.0372 e. The summed E-state index contributed by atoms with van der Waals surface area (Å²) in [7, 11) is 0. The Hall–Kier alpha value is -0.500. The molecule has 1 aromatic carbocycles. The molecule has 0 saturated heterocycles. The number of rotatable bonds is 2. The van der Waals surface area contributed by atoms with Gasteiger partial charge in [-0.3, -0.25) is 0 Å². The van der Waals surface area contributed by atoms with E-state index in [9.17, 15) is 0 Å². The minimum atomic E-state index is 0.533. The molecule has 1 N–H and O–H groups in total. The van der Waals surface area contributed by atoms with Crippen LogP contribution in [0.2, 0.25) is 0 Å². The molecule has 18 heavy (non-hydrogen) atoms. The molecule has 0 spiro atoms. The molecule has 0 radical (unpaired) electrons. The lowest BCUT2D eigenvalue weighted by molar-refractivity contribution is 0.313. The molecule has 1 fully saturated rings. The van der Waals surface area contributed by atoms with Crippen molar-refractivity contribution < 1.29 is 0 Å². The highest BCUT2D eigenvalue weighted by molar-refractivity contribution is 9.10. The van der Waals surface area contributed by atoms with Crippen LogP contribution in [0.1, 0.15) is 51.5 Å². The molecule has 100 valence electrons. The van der Waals surface area contributed by atoms with Gasteiger partial charge in [-0.05, 0) is 61.8 Å². The fraction of sp³-hybridized carbons (Fsp3) is 0.625. The lowest BCUT2D eigenvalue weighted by Gasteiger charge is -2.23. The van der Waals surface area contributed by atoms with Gasteiger partial charge in [0.1, 0.15) is 0 Å². The molecule has 2 rings (SSSR count). The number of hydrogen-bond donors (Lipinski definition) is 1. The Morgan fingerprint density at radius 1 is 1.22 bits per heavy atom. The summed E-state index contributed by atoms with van der Waals surface area (Å²) >= 11 is 3.52. The lowest BCUT2D eigenvalue weighted by Crippen LogP contribution is -2.19. The summed E-state index contributed by atoms with van der Waals surface area (Å²) in [6.45, 7) is 6.98. The van der Waals surface area contributed by atoms with Crippen LogP contribution < -0.4 is 5.32 Å². The number of aryl methyl sites for hydroxylation is 1. The molecule has 2 heteroatoms. The molecule has 1 aromatic rings. The third-order valence-electron chi connectivity index (χ3n) is 4.12. The summed E-state index contributed by atoms with van der Waals surface area (Å²) in [5, 5.41) is 3.73. The molecular formula is C16H24BrN. The van der Waals surface area contributed by atoms with Gasteiger partial charge in [-0.1, -0.05) is 36.2 Å². The predicted molar refractivity (Wildman–Crippen MR) is 83.2 cm³/mol. The fourth-order valence-corrected chi connectivity index (χ4v) is 3.29. The molecule has 0 heterocycles. The van der Waals surface area contributed by atoms with Gasteiger partial charge < -0.3 is 5.32 Å². The Morgan fingerprint density at radius 3 is 2.72 bits per heavy atom. The standard InChI is InChI=1S/C16H24BrN/c1-12-11-13(17)6-7-15(12)18-14-5-4-9-16(2,3)10-8-14/h6-7,11,14,18H,4-5,8-10H2,1-3H3. The third-order valence-corrected chi connectivity index (χ3v) is 4.62. The Balaban J connectivity index is 2.01. The van der Waals surface area contributed by atoms with Crippen molar-refractivity contribution in [3.63, 3.8) is 0 Å². The molecule has 1 aliphatic carbocycles. The monoisotopic (exact) mass is 309 g/mol. The first-order valence-electron chi connectivity index (χ1n) is 6.99. The molecule has 0 aromatic heterocycles. The van der Waals surface area contributed by atoms with E-state index in [0.29, 0.717) is 11.5 Å². The van der Waals surface area contributed by atoms with Crippen molar-refractivity contribution in [1.29, 1.82) is 0 Å². The Labute approximate surface area is 119 Å². The van der Waals surface area contributed by atoms with Crippen LogP contribution in [0.3, 0.4) is 0 Å². The van der Waals surface area contributed by atoms with Crippen molar-refractivity contribution in [1.82, 2.24) is 0 Å². The van der Waals surface area contributed by atoms with E-state index >= 15 is 0 Å². The first-order valence-corrected chi connectivity index (χ1v) is 7.78. The van der Waals surface area contributed by atoms with Crippen molar-refractivity contribution in [3.05, 3.63) is 28.2 Å². The van der Waals surface area contributed by atoms with Gasteiger partial charge in [0.25, 0.3) is 0 Å². The van der Waals surface area contributed by atoms with Crippen LogP contribution in [-0.2, 0) is 0 Å². The first kappa shape index (κ1) is 13.9. The van der Waals surface area contributed by atoms with E-state index in [4.69, 9.17) is 0 Å². The number of nitrogens with one attached hydrogen (secondary N) is 1. The largest absolute Gasteiger partial charge is 0.382 e. The summed E-state index contributed by atoms with van der Waals surface area (Å²) in [5.74, 6) is 0. The summed E-state index contributed by atoms with van der Waals surface area (Å²) in [5.41, 5.74) is 3.15. The normalized spacial score (nSPS) is 23.4. The van der Waals surface area contributed by atoms with Crippen LogP contribution in [0.5, 0.6) is 0 Å². The van der Waals surface area contributed by atoms with Gasteiger partial charge in [0, 0.05) is 16.2 Å². The van der Waals surface area contributed by atoms with E-state index in [2.05, 4.69) is 60.2 Å². The Kier molecular flexibility index (Phi) is 4.37. The Bertz CT molecular complexity index is 412. The van der Waals surface area contributed by atoms with E-state index in [1.165, 1.54) is 43.4 Å². The van der Waals surface area contributed by atoms with Crippen LogP contribution in [0, 0.1) is 12.3 Å². The maximum absolute atomic E-state index is 3.73. The summed E-state index contributed by atoms with van der Waals surface area (Å²) in [6.07, 6.45) is 6.65. The number of hydrogen-bond acceptors (Lipinski definition) is 1. The molecule has 0 amide bonds. The zero-order valence-electron chi connectivity index (χ0n) is 11.7. The molecule has 1 aliphatic rings. The van der Waals surface area contributed by atoms with Gasteiger partial charge >= 0.3 is 0 Å². The molecule has 1 saturated carbocycles. The number of benzene rings is 1. The number of anilines is 1. The van der Waals surface area contributed by atoms with E-state index in [1.54, 1.807) is 0 Å². The summed E-state index contributed by atoms with van der Waals surface area (Å²) in [4.78, 5) is 0. The van der Waals surface area contributed by atoms with Crippen molar-refractivity contribution in [3.8, 4) is 0 Å². The zero-order chi connectivity index (χ0) is 13.2. The minimum absolute atomic E-state index is 0.533. The van der Waals surface area contributed by atoms with Gasteiger partial charge in [-0.15, -0.1) is 0 Å². The van der Waals surface area contributed by atoms with E-state index in [1.807, 2.05) is 0 Å². The van der Waals surface area contributed by atoms with Crippen molar-refractivity contribution in [2.24, 2.45) is 5.41 Å². The van der Waals surface area contributed by atoms with E-state index in [0.717, 1.165) is 4.47 Å². The summed E-state index contributed by atoms with van der Waals surface area (Å²) < 4.78 is 1.16. The minimum Gasteiger partial charge on any atom is -0.382 e. The van der Waals surface area contributed by atoms with Crippen LogP contribution in [0.15, 0.2) is 22.7 Å². The number of halogens is 1. The molecule has 1 atom stereocenters. The fourth-order valence-electron chi connectivity index (χ4n) is 2.81. The zero-order valence-corrected chi connectivity index (χ0v) is 13.3. The topological polar surface area (TPSA) is 12.0 Å². The highest BCUT2D eigenvalue weighted by Crippen LogP contribution is 2.35. The lowest BCUT2D eigenvalue weighted by atomic mass is 9.85. The predicted octanol–water partition coefficient (Wildman–Crippen LogP) is 5.53. The highest BCUT2D eigenvalue weighted by atomic mass is 79.9. The SMILES string of the molecule is Cc1cc(Br)ccc1NC1CCCC(C)(C)CC1. The van der Waals surface area contributed by atoms with Crippen molar-refractivity contribution in [2.45, 2.75) is 58.9 Å². The maximum Gasteiger partial charge on any atom is 0.0372 e. The van der Waals surface area contributed by atoms with E-state index < -0.39 is 0 Å².